The summed E-state index contributed by atoms with van der Waals surface area (Å²) < 4.78 is 30.5. The molecule has 1 fully saturated rings. The van der Waals surface area contributed by atoms with Crippen LogP contribution in [-0.4, -0.2) is 46.6 Å². The Bertz CT molecular complexity index is 1960. The number of carbonyl (C=O) groups is 1. The Hall–Kier alpha value is -3.84. The van der Waals surface area contributed by atoms with Crippen molar-refractivity contribution in [1.29, 1.82) is 0 Å². The number of aromatic nitrogens is 3. The lowest BCUT2D eigenvalue weighted by Gasteiger charge is -2.31. The molecule has 246 valence electrons. The second-order valence-corrected chi connectivity index (χ2v) is 17.4. The fourth-order valence-electron chi connectivity index (χ4n) is 5.61. The topological polar surface area (TPSA) is 109 Å². The standard InChI is InChI=1S/C35H40N6O3S3/c1-23-6-12-28(13-7-23)41-32(21-31(39-41)35(3,4)5)38-34(42)37-27-10-8-25(9-11-27)20-26-16-18-40(19-17-26)47(43,44)33-15-14-30(46-33)29-22-45-24(2)36-29/h6-15,21-22,26H,16-20H2,1-5H3,(H2,37,38,42). The molecule has 0 saturated carbocycles. The van der Waals surface area contributed by atoms with Gasteiger partial charge < -0.3 is 5.32 Å². The van der Waals surface area contributed by atoms with Crippen molar-refractivity contribution in [2.75, 3.05) is 23.7 Å². The highest BCUT2D eigenvalue weighted by Crippen LogP contribution is 2.34. The summed E-state index contributed by atoms with van der Waals surface area (Å²) in [7, 11) is -3.53. The molecule has 47 heavy (non-hydrogen) atoms. The molecule has 3 aromatic heterocycles. The SMILES string of the molecule is Cc1ccc(-n2nc(C(C)(C)C)cc2NC(=O)Nc2ccc(CC3CCN(S(=O)(=O)c4ccc(-c5csc(C)n5)s4)CC3)cc2)cc1. The number of carbonyl (C=O) groups excluding carboxylic acids is 1. The molecule has 9 nitrogen and oxygen atoms in total. The number of piperidine rings is 1. The largest absolute Gasteiger partial charge is 0.324 e. The van der Waals surface area contributed by atoms with Gasteiger partial charge in [-0.05, 0) is 81.0 Å². The van der Waals surface area contributed by atoms with Crippen molar-refractivity contribution in [2.24, 2.45) is 5.92 Å². The van der Waals surface area contributed by atoms with Crippen molar-refractivity contribution in [2.45, 2.75) is 63.5 Å². The predicted octanol–water partition coefficient (Wildman–Crippen LogP) is 8.26. The number of sulfonamides is 1. The van der Waals surface area contributed by atoms with E-state index in [1.807, 2.05) is 79.9 Å². The van der Waals surface area contributed by atoms with Crippen molar-refractivity contribution in [3.8, 4) is 16.3 Å². The predicted molar refractivity (Wildman–Crippen MR) is 191 cm³/mol. The van der Waals surface area contributed by atoms with E-state index in [4.69, 9.17) is 5.10 Å². The fraction of sp³-hybridized carbons (Fsp3) is 0.343. The minimum absolute atomic E-state index is 0.181. The number of nitrogens with one attached hydrogen (secondary N) is 2. The van der Waals surface area contributed by atoms with Crippen LogP contribution >= 0.6 is 22.7 Å². The second kappa shape index (κ2) is 13.3. The van der Waals surface area contributed by atoms with Crippen molar-refractivity contribution >= 4 is 50.2 Å². The van der Waals surface area contributed by atoms with Crippen LogP contribution in [0, 0.1) is 19.8 Å². The lowest BCUT2D eigenvalue weighted by molar-refractivity contribution is 0.262. The Morgan fingerprint density at radius 2 is 1.66 bits per heavy atom. The van der Waals surface area contributed by atoms with Gasteiger partial charge in [0.1, 0.15) is 10.0 Å². The molecule has 0 aliphatic carbocycles. The minimum atomic E-state index is -3.53. The van der Waals surface area contributed by atoms with E-state index in [0.717, 1.165) is 57.3 Å². The van der Waals surface area contributed by atoms with Crippen LogP contribution in [0.4, 0.5) is 16.3 Å². The minimum Gasteiger partial charge on any atom is -0.308 e. The summed E-state index contributed by atoms with van der Waals surface area (Å²) in [6, 6.07) is 21.0. The third-order valence-corrected chi connectivity index (χ3v) is 12.6. The van der Waals surface area contributed by atoms with Crippen LogP contribution in [0.5, 0.6) is 0 Å². The van der Waals surface area contributed by atoms with Gasteiger partial charge in [-0.1, -0.05) is 50.6 Å². The average Bonchev–Trinajstić information content (AvgIpc) is 3.79. The van der Waals surface area contributed by atoms with E-state index in [2.05, 4.69) is 36.4 Å². The number of nitrogens with zero attached hydrogens (tertiary/aromatic N) is 4. The van der Waals surface area contributed by atoms with Crippen molar-refractivity contribution in [1.82, 2.24) is 19.1 Å². The Balaban J connectivity index is 1.03. The molecule has 12 heteroatoms. The Morgan fingerprint density at radius 3 is 2.30 bits per heavy atom. The van der Waals surface area contributed by atoms with Gasteiger partial charge in [0.2, 0.25) is 0 Å². The van der Waals surface area contributed by atoms with E-state index >= 15 is 0 Å². The first-order valence-corrected chi connectivity index (χ1v) is 18.9. The number of aryl methyl sites for hydroxylation is 2. The zero-order chi connectivity index (χ0) is 33.3. The molecule has 4 heterocycles. The van der Waals surface area contributed by atoms with E-state index in [1.54, 1.807) is 26.4 Å². The first-order chi connectivity index (χ1) is 22.3. The third-order valence-electron chi connectivity index (χ3n) is 8.35. The molecule has 1 saturated heterocycles. The lowest BCUT2D eigenvalue weighted by Crippen LogP contribution is -2.38. The highest BCUT2D eigenvalue weighted by Gasteiger charge is 2.31. The first kappa shape index (κ1) is 33.1. The molecule has 0 radical (unpaired) electrons. The van der Waals surface area contributed by atoms with Gasteiger partial charge in [0.25, 0.3) is 10.0 Å². The number of rotatable bonds is 8. The smallest absolute Gasteiger partial charge is 0.308 e. The number of anilines is 2. The molecule has 2 N–H and O–H groups in total. The van der Waals surface area contributed by atoms with Crippen molar-refractivity contribution in [3.63, 3.8) is 0 Å². The summed E-state index contributed by atoms with van der Waals surface area (Å²) in [6.45, 7) is 11.3. The van der Waals surface area contributed by atoms with Crippen LogP contribution in [-0.2, 0) is 21.9 Å². The monoisotopic (exact) mass is 688 g/mol. The Morgan fingerprint density at radius 1 is 0.957 bits per heavy atom. The van der Waals surface area contributed by atoms with E-state index in [-0.39, 0.29) is 11.4 Å². The van der Waals surface area contributed by atoms with Gasteiger partial charge in [0.15, 0.2) is 0 Å². The molecule has 1 aliphatic heterocycles. The first-order valence-electron chi connectivity index (χ1n) is 15.7. The molecular formula is C35H40N6O3S3. The molecule has 2 amide bonds. The molecule has 0 atom stereocenters. The number of thiophene rings is 1. The molecule has 0 bridgehead atoms. The molecule has 1 aliphatic rings. The number of urea groups is 1. The third kappa shape index (κ3) is 7.67. The number of hydrogen-bond donors (Lipinski definition) is 2. The summed E-state index contributed by atoms with van der Waals surface area (Å²) >= 11 is 2.85. The normalized spacial score (nSPS) is 14.7. The van der Waals surface area contributed by atoms with Gasteiger partial charge in [-0.15, -0.1) is 22.7 Å². The summed E-state index contributed by atoms with van der Waals surface area (Å²) in [4.78, 5) is 18.4. The van der Waals surface area contributed by atoms with Crippen molar-refractivity contribution in [3.05, 3.63) is 93.9 Å². The van der Waals surface area contributed by atoms with Gasteiger partial charge in [-0.2, -0.15) is 9.40 Å². The maximum absolute atomic E-state index is 13.4. The van der Waals surface area contributed by atoms with E-state index in [0.29, 0.717) is 34.7 Å². The summed E-state index contributed by atoms with van der Waals surface area (Å²) in [6.07, 6.45) is 2.46. The fourth-order valence-corrected chi connectivity index (χ4v) is 9.19. The lowest BCUT2D eigenvalue weighted by atomic mass is 9.91. The molecule has 0 spiro atoms. The van der Waals surface area contributed by atoms with Gasteiger partial charge in [0.05, 0.1) is 27.0 Å². The van der Waals surface area contributed by atoms with Crippen LogP contribution in [0.15, 0.2) is 76.3 Å². The average molecular weight is 689 g/mol. The zero-order valence-corrected chi connectivity index (χ0v) is 29.7. The second-order valence-electron chi connectivity index (χ2n) is 13.1. The maximum Gasteiger partial charge on any atom is 0.324 e. The van der Waals surface area contributed by atoms with Crippen LogP contribution < -0.4 is 10.6 Å². The van der Waals surface area contributed by atoms with Crippen LogP contribution in [0.1, 0.15) is 55.4 Å². The highest BCUT2D eigenvalue weighted by molar-refractivity contribution is 7.91. The molecular weight excluding hydrogens is 649 g/mol. The molecule has 5 aromatic rings. The number of amides is 2. The Labute approximate surface area is 284 Å². The van der Waals surface area contributed by atoms with Crippen molar-refractivity contribution < 1.29 is 13.2 Å². The summed E-state index contributed by atoms with van der Waals surface area (Å²) in [5.74, 6) is 0.981. The van der Waals surface area contributed by atoms with Gasteiger partial charge in [0, 0.05) is 35.6 Å². The van der Waals surface area contributed by atoms with Crippen LogP contribution in [0.25, 0.3) is 16.3 Å². The van der Waals surface area contributed by atoms with Gasteiger partial charge in [-0.3, -0.25) is 5.32 Å². The Kier molecular flexibility index (Phi) is 9.39. The van der Waals surface area contributed by atoms with Crippen LogP contribution in [0.3, 0.4) is 0 Å². The van der Waals surface area contributed by atoms with Gasteiger partial charge >= 0.3 is 6.03 Å². The zero-order valence-electron chi connectivity index (χ0n) is 27.3. The quantitative estimate of drug-likeness (QED) is 0.171. The summed E-state index contributed by atoms with van der Waals surface area (Å²) in [5, 5.41) is 13.6. The summed E-state index contributed by atoms with van der Waals surface area (Å²) in [5.41, 5.74) is 5.40. The maximum atomic E-state index is 13.4. The van der Waals surface area contributed by atoms with E-state index in [9.17, 15) is 13.2 Å². The molecule has 2 aromatic carbocycles. The molecule has 6 rings (SSSR count). The number of benzene rings is 2. The number of thiazole rings is 1. The van der Waals surface area contributed by atoms with Gasteiger partial charge in [-0.25, -0.2) is 22.9 Å². The van der Waals surface area contributed by atoms with Crippen LogP contribution in [0.2, 0.25) is 0 Å². The van der Waals surface area contributed by atoms with E-state index < -0.39 is 10.0 Å². The number of hydrogen-bond acceptors (Lipinski definition) is 7. The van der Waals surface area contributed by atoms with E-state index in [1.165, 1.54) is 11.3 Å². The molecule has 0 unspecified atom stereocenters. The highest BCUT2D eigenvalue weighted by atomic mass is 32.2.